The van der Waals surface area contributed by atoms with Gasteiger partial charge in [0.1, 0.15) is 29.2 Å². The van der Waals surface area contributed by atoms with Crippen LogP contribution in [0.2, 0.25) is 5.02 Å². The Morgan fingerprint density at radius 3 is 2.55 bits per heavy atom. The summed E-state index contributed by atoms with van der Waals surface area (Å²) in [6.45, 7) is 6.55. The van der Waals surface area contributed by atoms with Gasteiger partial charge in [-0.25, -0.2) is 18.7 Å². The number of benzene rings is 2. The van der Waals surface area contributed by atoms with Gasteiger partial charge in [-0.3, -0.25) is 4.79 Å². The minimum atomic E-state index is -0.742. The highest BCUT2D eigenvalue weighted by Crippen LogP contribution is 2.42. The maximum Gasteiger partial charge on any atom is 0.246 e. The fraction of sp³-hybridized carbons (Fsp3) is 0.393. The average molecular weight is 544 g/mol. The number of ether oxygens (including phenoxy) is 1. The molecule has 38 heavy (non-hydrogen) atoms. The number of aromatic nitrogens is 2. The number of carbonyl (C=O) groups excluding carboxylic acids is 1. The summed E-state index contributed by atoms with van der Waals surface area (Å²) in [4.78, 5) is 24.1. The van der Waals surface area contributed by atoms with E-state index in [9.17, 15) is 4.79 Å². The van der Waals surface area contributed by atoms with E-state index in [2.05, 4.69) is 16.5 Å². The van der Waals surface area contributed by atoms with Crippen molar-refractivity contribution in [2.45, 2.75) is 32.1 Å². The molecular formula is C28H32ClF2N5O2. The molecule has 0 bridgehead atoms. The largest absolute Gasteiger partial charge is 0.493 e. The van der Waals surface area contributed by atoms with Crippen LogP contribution >= 0.6 is 11.6 Å². The molecule has 0 radical (unpaired) electrons. The lowest BCUT2D eigenvalue weighted by Crippen LogP contribution is -2.48. The smallest absolute Gasteiger partial charge is 0.246 e. The number of hydrogen-bond acceptors (Lipinski definition) is 6. The van der Waals surface area contributed by atoms with Gasteiger partial charge in [0, 0.05) is 37.1 Å². The van der Waals surface area contributed by atoms with Gasteiger partial charge in [0.2, 0.25) is 5.91 Å². The summed E-state index contributed by atoms with van der Waals surface area (Å²) < 4.78 is 37.0. The van der Waals surface area contributed by atoms with Crippen LogP contribution in [0.15, 0.2) is 43.2 Å². The van der Waals surface area contributed by atoms with Crippen molar-refractivity contribution in [3.05, 3.63) is 59.9 Å². The van der Waals surface area contributed by atoms with Crippen LogP contribution in [-0.4, -0.2) is 60.1 Å². The predicted octanol–water partition coefficient (Wildman–Crippen LogP) is 5.35. The summed E-state index contributed by atoms with van der Waals surface area (Å²) in [6, 6.07) is 5.96. The fourth-order valence-corrected chi connectivity index (χ4v) is 4.98. The summed E-state index contributed by atoms with van der Waals surface area (Å²) in [6.07, 6.45) is 7.42. The molecule has 2 heterocycles. The first-order valence-electron chi connectivity index (χ1n) is 12.9. The van der Waals surface area contributed by atoms with Gasteiger partial charge in [-0.15, -0.1) is 0 Å². The minimum Gasteiger partial charge on any atom is -0.493 e. The normalized spacial score (nSPS) is 13.7. The average Bonchev–Trinajstić information content (AvgIpc) is 2.93. The van der Waals surface area contributed by atoms with Crippen molar-refractivity contribution in [3.63, 3.8) is 0 Å². The molecule has 7 nitrogen and oxygen atoms in total. The van der Waals surface area contributed by atoms with Crippen LogP contribution < -0.4 is 15.4 Å². The molecule has 1 aromatic heterocycles. The Hall–Kier alpha value is -3.30. The van der Waals surface area contributed by atoms with E-state index in [0.29, 0.717) is 50.5 Å². The molecule has 10 heteroatoms. The summed E-state index contributed by atoms with van der Waals surface area (Å²) in [5.41, 5.74) is 5.44. The van der Waals surface area contributed by atoms with Gasteiger partial charge in [0.15, 0.2) is 5.82 Å². The van der Waals surface area contributed by atoms with Crippen LogP contribution in [0.25, 0.3) is 22.0 Å². The molecule has 1 saturated heterocycles. The highest BCUT2D eigenvalue weighted by atomic mass is 35.5. The van der Waals surface area contributed by atoms with Crippen molar-refractivity contribution in [1.82, 2.24) is 14.9 Å². The van der Waals surface area contributed by atoms with Gasteiger partial charge >= 0.3 is 0 Å². The molecule has 1 aliphatic rings. The van der Waals surface area contributed by atoms with Gasteiger partial charge < -0.3 is 20.3 Å². The second-order valence-corrected chi connectivity index (χ2v) is 9.58. The number of hydrogen-bond donors (Lipinski definition) is 1. The number of fused-ring (bicyclic) bond motifs is 1. The highest BCUT2D eigenvalue weighted by Gasteiger charge is 2.26. The van der Waals surface area contributed by atoms with E-state index in [1.54, 1.807) is 17.0 Å². The van der Waals surface area contributed by atoms with Crippen molar-refractivity contribution in [1.29, 1.82) is 0 Å². The third-order valence-electron chi connectivity index (χ3n) is 6.70. The number of rotatable bonds is 11. The third-order valence-corrected chi connectivity index (χ3v) is 7.00. The Labute approximate surface area is 226 Å². The van der Waals surface area contributed by atoms with Crippen LogP contribution in [-0.2, 0) is 4.79 Å². The standard InChI is InChI=1S/C28H32ClF2N5O2/c1-2-23(37)35-12-14-36(15-13-35)28-19-17-20(29)24(26(31)27(19)33-18-34-28)25-21(30)9-8-10-22(25)38-16-7-5-3-4-6-11-32/h2,8-10,17-18H,1,3-7,11-16,32H2. The molecule has 1 fully saturated rings. The van der Waals surface area contributed by atoms with Gasteiger partial charge in [-0.05, 0) is 43.7 Å². The van der Waals surface area contributed by atoms with E-state index in [-0.39, 0.29) is 33.3 Å². The highest BCUT2D eigenvalue weighted by molar-refractivity contribution is 6.34. The van der Waals surface area contributed by atoms with Crippen LogP contribution in [0.1, 0.15) is 32.1 Å². The van der Waals surface area contributed by atoms with E-state index >= 15 is 8.78 Å². The molecule has 1 aliphatic heterocycles. The predicted molar refractivity (Wildman–Crippen MR) is 147 cm³/mol. The second-order valence-electron chi connectivity index (χ2n) is 9.18. The van der Waals surface area contributed by atoms with Crippen molar-refractivity contribution >= 4 is 34.2 Å². The summed E-state index contributed by atoms with van der Waals surface area (Å²) in [5.74, 6) is -0.779. The first-order valence-corrected chi connectivity index (χ1v) is 13.2. The number of piperazine rings is 1. The van der Waals surface area contributed by atoms with Gasteiger partial charge in [-0.2, -0.15) is 0 Å². The van der Waals surface area contributed by atoms with Crippen molar-refractivity contribution in [2.75, 3.05) is 44.2 Å². The number of nitrogens with two attached hydrogens (primary N) is 1. The first kappa shape index (κ1) is 27.7. The maximum atomic E-state index is 16.0. The van der Waals surface area contributed by atoms with E-state index in [4.69, 9.17) is 22.1 Å². The van der Waals surface area contributed by atoms with E-state index in [0.717, 1.165) is 32.1 Å². The Bertz CT molecular complexity index is 1300. The lowest BCUT2D eigenvalue weighted by molar-refractivity contribution is -0.126. The van der Waals surface area contributed by atoms with Crippen LogP contribution in [0, 0.1) is 11.6 Å². The topological polar surface area (TPSA) is 84.6 Å². The molecule has 0 aliphatic carbocycles. The zero-order valence-corrected chi connectivity index (χ0v) is 22.0. The van der Waals surface area contributed by atoms with Crippen molar-refractivity contribution in [3.8, 4) is 16.9 Å². The molecule has 0 unspecified atom stereocenters. The molecule has 0 saturated carbocycles. The molecule has 0 spiro atoms. The van der Waals surface area contributed by atoms with Crippen LogP contribution in [0.5, 0.6) is 5.75 Å². The Balaban J connectivity index is 1.61. The van der Waals surface area contributed by atoms with Gasteiger partial charge in [-0.1, -0.05) is 43.5 Å². The lowest BCUT2D eigenvalue weighted by atomic mass is 10.0. The first-order chi connectivity index (χ1) is 18.5. The Kier molecular flexibility index (Phi) is 9.47. The minimum absolute atomic E-state index is 0.0308. The van der Waals surface area contributed by atoms with Crippen LogP contribution in [0.3, 0.4) is 0 Å². The molecule has 4 rings (SSSR count). The number of unbranched alkanes of at least 4 members (excludes halogenated alkanes) is 4. The molecule has 202 valence electrons. The lowest BCUT2D eigenvalue weighted by Gasteiger charge is -2.35. The monoisotopic (exact) mass is 543 g/mol. The number of amides is 1. The number of carbonyl (C=O) groups is 1. The summed E-state index contributed by atoms with van der Waals surface area (Å²) in [5, 5.41) is 0.446. The molecule has 1 amide bonds. The number of anilines is 1. The molecule has 2 aromatic carbocycles. The zero-order valence-electron chi connectivity index (χ0n) is 21.3. The molecule has 0 atom stereocenters. The fourth-order valence-electron chi connectivity index (χ4n) is 4.69. The van der Waals surface area contributed by atoms with Crippen molar-refractivity contribution < 1.29 is 18.3 Å². The Morgan fingerprint density at radius 1 is 1.08 bits per heavy atom. The number of halogens is 3. The quantitative estimate of drug-likeness (QED) is 0.259. The van der Waals surface area contributed by atoms with Gasteiger partial charge in [0.25, 0.3) is 0 Å². The SMILES string of the molecule is C=CC(=O)N1CCN(c2ncnc3c(F)c(-c4c(F)cccc4OCCCCCCCN)c(Cl)cc23)CC1. The van der Waals surface area contributed by atoms with E-state index in [1.165, 1.54) is 24.5 Å². The second kappa shape index (κ2) is 13.0. The molecule has 2 N–H and O–H groups in total. The van der Waals surface area contributed by atoms with E-state index in [1.807, 2.05) is 4.90 Å². The summed E-state index contributed by atoms with van der Waals surface area (Å²) in [7, 11) is 0. The van der Waals surface area contributed by atoms with E-state index < -0.39 is 11.6 Å². The van der Waals surface area contributed by atoms with Crippen molar-refractivity contribution in [2.24, 2.45) is 5.73 Å². The molecule has 3 aromatic rings. The molecular weight excluding hydrogens is 512 g/mol. The maximum absolute atomic E-state index is 16.0. The number of nitrogens with zero attached hydrogens (tertiary/aromatic N) is 4. The van der Waals surface area contributed by atoms with Crippen LogP contribution in [0.4, 0.5) is 14.6 Å². The summed E-state index contributed by atoms with van der Waals surface area (Å²) >= 11 is 6.60. The van der Waals surface area contributed by atoms with Gasteiger partial charge in [0.05, 0.1) is 17.2 Å². The zero-order chi connectivity index (χ0) is 27.1. The Morgan fingerprint density at radius 2 is 1.82 bits per heavy atom. The third kappa shape index (κ3) is 6.05.